The summed E-state index contributed by atoms with van der Waals surface area (Å²) in [5.74, 6) is 2.04. The van der Waals surface area contributed by atoms with Crippen LogP contribution in [-0.4, -0.2) is 9.55 Å². The molecule has 3 heteroatoms. The number of nitrogens with zero attached hydrogens (tertiary/aromatic N) is 2. The molecule has 1 saturated carbocycles. The SMILES string of the molecule is Cc1ccc2nc(CCl)n(C3CC3c3ccccc3)c2c1. The fraction of sp³-hybridized carbons (Fsp3) is 0.278. The molecular weight excluding hydrogens is 280 g/mol. The maximum Gasteiger partial charge on any atom is 0.125 e. The lowest BCUT2D eigenvalue weighted by Crippen LogP contribution is -2.01. The lowest BCUT2D eigenvalue weighted by atomic mass is 10.1. The Hall–Kier alpha value is -1.80. The molecule has 2 unspecified atom stereocenters. The van der Waals surface area contributed by atoms with Crippen LogP contribution in [-0.2, 0) is 5.88 Å². The summed E-state index contributed by atoms with van der Waals surface area (Å²) in [6.45, 7) is 2.12. The van der Waals surface area contributed by atoms with Gasteiger partial charge in [-0.1, -0.05) is 36.4 Å². The first-order chi connectivity index (χ1) is 10.3. The van der Waals surface area contributed by atoms with Gasteiger partial charge in [0.1, 0.15) is 5.82 Å². The Labute approximate surface area is 129 Å². The first-order valence-corrected chi connectivity index (χ1v) is 7.90. The Morgan fingerprint density at radius 1 is 1.19 bits per heavy atom. The van der Waals surface area contributed by atoms with Crippen LogP contribution in [0.25, 0.3) is 11.0 Å². The number of benzene rings is 2. The van der Waals surface area contributed by atoms with Crippen LogP contribution >= 0.6 is 11.6 Å². The lowest BCUT2D eigenvalue weighted by molar-refractivity contribution is 0.706. The van der Waals surface area contributed by atoms with Gasteiger partial charge in [0.2, 0.25) is 0 Å². The molecule has 2 aromatic carbocycles. The van der Waals surface area contributed by atoms with Crippen molar-refractivity contribution in [1.29, 1.82) is 0 Å². The monoisotopic (exact) mass is 296 g/mol. The molecule has 3 aromatic rings. The number of rotatable bonds is 3. The van der Waals surface area contributed by atoms with Crippen LogP contribution in [0.2, 0.25) is 0 Å². The second-order valence-electron chi connectivity index (χ2n) is 5.84. The number of hydrogen-bond acceptors (Lipinski definition) is 1. The topological polar surface area (TPSA) is 17.8 Å². The number of alkyl halides is 1. The molecule has 4 rings (SSSR count). The molecular formula is C18H17ClN2. The first kappa shape index (κ1) is 12.9. The Morgan fingerprint density at radius 3 is 2.76 bits per heavy atom. The van der Waals surface area contributed by atoms with E-state index in [1.54, 1.807) is 0 Å². The maximum atomic E-state index is 6.13. The quantitative estimate of drug-likeness (QED) is 0.634. The van der Waals surface area contributed by atoms with Gasteiger partial charge in [-0.25, -0.2) is 4.98 Å². The zero-order valence-corrected chi connectivity index (χ0v) is 12.7. The summed E-state index contributed by atoms with van der Waals surface area (Å²) in [5.41, 5.74) is 4.95. The molecule has 0 saturated heterocycles. The maximum absolute atomic E-state index is 6.13. The average molecular weight is 297 g/mol. The zero-order chi connectivity index (χ0) is 14.4. The predicted octanol–water partition coefficient (Wildman–Crippen LogP) is 4.81. The molecule has 1 aliphatic rings. The third-order valence-electron chi connectivity index (χ3n) is 4.35. The van der Waals surface area contributed by atoms with Crippen LogP contribution in [0, 0.1) is 6.92 Å². The van der Waals surface area contributed by atoms with E-state index in [1.165, 1.54) is 23.1 Å². The van der Waals surface area contributed by atoms with Crippen molar-refractivity contribution in [2.75, 3.05) is 0 Å². The van der Waals surface area contributed by atoms with E-state index >= 15 is 0 Å². The predicted molar refractivity (Wildman–Crippen MR) is 86.9 cm³/mol. The van der Waals surface area contributed by atoms with E-state index in [2.05, 4.69) is 60.0 Å². The second-order valence-corrected chi connectivity index (χ2v) is 6.11. The number of hydrogen-bond donors (Lipinski definition) is 0. The highest BCUT2D eigenvalue weighted by atomic mass is 35.5. The molecule has 106 valence electrons. The molecule has 0 aliphatic heterocycles. The minimum atomic E-state index is 0.464. The molecule has 1 fully saturated rings. The number of halogens is 1. The van der Waals surface area contributed by atoms with Gasteiger partial charge in [-0.15, -0.1) is 11.6 Å². The molecule has 1 heterocycles. The standard InChI is InChI=1S/C18H17ClN2/c1-12-7-8-15-17(9-12)21(18(11-19)20-15)16-10-14(16)13-5-3-2-4-6-13/h2-9,14,16H,10-11H2,1H3. The van der Waals surface area contributed by atoms with E-state index < -0.39 is 0 Å². The molecule has 0 spiro atoms. The summed E-state index contributed by atoms with van der Waals surface area (Å²) in [4.78, 5) is 4.69. The van der Waals surface area contributed by atoms with E-state index in [-0.39, 0.29) is 0 Å². The van der Waals surface area contributed by atoms with Crippen LogP contribution in [0.4, 0.5) is 0 Å². The van der Waals surface area contributed by atoms with Gasteiger partial charge in [-0.3, -0.25) is 0 Å². The van der Waals surface area contributed by atoms with E-state index in [0.29, 0.717) is 17.8 Å². The highest BCUT2D eigenvalue weighted by molar-refractivity contribution is 6.16. The minimum absolute atomic E-state index is 0.464. The Morgan fingerprint density at radius 2 is 2.00 bits per heavy atom. The van der Waals surface area contributed by atoms with Crippen molar-refractivity contribution < 1.29 is 0 Å². The van der Waals surface area contributed by atoms with Crippen molar-refractivity contribution in [2.24, 2.45) is 0 Å². The second kappa shape index (κ2) is 4.88. The van der Waals surface area contributed by atoms with E-state index in [4.69, 9.17) is 16.6 Å². The highest BCUT2D eigenvalue weighted by Gasteiger charge is 2.41. The molecule has 2 atom stereocenters. The molecule has 1 aromatic heterocycles. The van der Waals surface area contributed by atoms with Crippen LogP contribution < -0.4 is 0 Å². The van der Waals surface area contributed by atoms with Crippen molar-refractivity contribution in [3.63, 3.8) is 0 Å². The molecule has 21 heavy (non-hydrogen) atoms. The van der Waals surface area contributed by atoms with Crippen LogP contribution in [0.15, 0.2) is 48.5 Å². The number of aryl methyl sites for hydroxylation is 1. The third-order valence-corrected chi connectivity index (χ3v) is 4.59. The third kappa shape index (κ3) is 2.14. The average Bonchev–Trinajstić information content (AvgIpc) is 3.22. The minimum Gasteiger partial charge on any atom is -0.323 e. The van der Waals surface area contributed by atoms with Gasteiger partial charge in [-0.2, -0.15) is 0 Å². The van der Waals surface area contributed by atoms with E-state index in [0.717, 1.165) is 11.3 Å². The molecule has 0 N–H and O–H groups in total. The van der Waals surface area contributed by atoms with Crippen molar-refractivity contribution in [1.82, 2.24) is 9.55 Å². The van der Waals surface area contributed by atoms with Gasteiger partial charge in [-0.05, 0) is 36.6 Å². The van der Waals surface area contributed by atoms with Crippen molar-refractivity contribution in [3.8, 4) is 0 Å². The number of aromatic nitrogens is 2. The van der Waals surface area contributed by atoms with Crippen molar-refractivity contribution >= 4 is 22.6 Å². The summed E-state index contributed by atoms with van der Waals surface area (Å²) in [6, 6.07) is 17.7. The Kier molecular flexibility index (Phi) is 3.00. The highest BCUT2D eigenvalue weighted by Crippen LogP contribution is 2.52. The van der Waals surface area contributed by atoms with E-state index in [9.17, 15) is 0 Å². The van der Waals surface area contributed by atoms with Crippen molar-refractivity contribution in [3.05, 3.63) is 65.5 Å². The van der Waals surface area contributed by atoms with Crippen molar-refractivity contribution in [2.45, 2.75) is 31.2 Å². The fourth-order valence-corrected chi connectivity index (χ4v) is 3.43. The van der Waals surface area contributed by atoms with Gasteiger partial charge < -0.3 is 4.57 Å². The Bertz CT molecular complexity index is 792. The van der Waals surface area contributed by atoms with Gasteiger partial charge in [0.15, 0.2) is 0 Å². The summed E-state index contributed by atoms with van der Waals surface area (Å²) in [5, 5.41) is 0. The smallest absolute Gasteiger partial charge is 0.125 e. The van der Waals surface area contributed by atoms with Crippen LogP contribution in [0.1, 0.15) is 35.3 Å². The normalized spacial score (nSPS) is 20.9. The largest absolute Gasteiger partial charge is 0.323 e. The van der Waals surface area contributed by atoms with Gasteiger partial charge in [0.25, 0.3) is 0 Å². The summed E-state index contributed by atoms with van der Waals surface area (Å²) >= 11 is 6.13. The van der Waals surface area contributed by atoms with Gasteiger partial charge in [0, 0.05) is 12.0 Å². The van der Waals surface area contributed by atoms with E-state index in [1.807, 2.05) is 0 Å². The summed E-state index contributed by atoms with van der Waals surface area (Å²) < 4.78 is 2.35. The summed E-state index contributed by atoms with van der Waals surface area (Å²) in [6.07, 6.45) is 1.17. The first-order valence-electron chi connectivity index (χ1n) is 7.36. The van der Waals surface area contributed by atoms with Crippen LogP contribution in [0.5, 0.6) is 0 Å². The molecule has 0 bridgehead atoms. The lowest BCUT2D eigenvalue weighted by Gasteiger charge is -2.08. The number of imidazole rings is 1. The molecule has 1 aliphatic carbocycles. The van der Waals surface area contributed by atoms with Gasteiger partial charge >= 0.3 is 0 Å². The molecule has 0 radical (unpaired) electrons. The molecule has 2 nitrogen and oxygen atoms in total. The van der Waals surface area contributed by atoms with Gasteiger partial charge in [0.05, 0.1) is 16.9 Å². The summed E-state index contributed by atoms with van der Waals surface area (Å²) in [7, 11) is 0. The Balaban J connectivity index is 1.79. The number of fused-ring (bicyclic) bond motifs is 1. The zero-order valence-electron chi connectivity index (χ0n) is 12.0. The molecule has 0 amide bonds. The van der Waals surface area contributed by atoms with Crippen LogP contribution in [0.3, 0.4) is 0 Å². The fourth-order valence-electron chi connectivity index (χ4n) is 3.24.